The van der Waals surface area contributed by atoms with Crippen molar-refractivity contribution in [2.75, 3.05) is 13.2 Å². The van der Waals surface area contributed by atoms with Gasteiger partial charge in [0.2, 0.25) is 0 Å². The van der Waals surface area contributed by atoms with Gasteiger partial charge < -0.3 is 9.47 Å². The van der Waals surface area contributed by atoms with E-state index in [4.69, 9.17) is 19.9 Å². The van der Waals surface area contributed by atoms with Crippen molar-refractivity contribution in [3.8, 4) is 11.5 Å². The second kappa shape index (κ2) is 7.31. The summed E-state index contributed by atoms with van der Waals surface area (Å²) in [5, 5.41) is 17.4. The number of hydrogen-bond acceptors (Lipinski definition) is 6. The molecule has 0 saturated carbocycles. The van der Waals surface area contributed by atoms with Crippen molar-refractivity contribution in [2.45, 2.75) is 13.8 Å². The Morgan fingerprint density at radius 2 is 1.30 bits per heavy atom. The molecule has 0 atom stereocenters. The second-order valence-electron chi connectivity index (χ2n) is 3.59. The summed E-state index contributed by atoms with van der Waals surface area (Å²) < 4.78 is 10.5. The SMILES string of the molecule is CCOc1cc(C(=O)NO)c(OCC)cc1C(=O)NO. The Balaban J connectivity index is 3.41. The number of benzene rings is 1. The quantitative estimate of drug-likeness (QED) is 0.452. The zero-order chi connectivity index (χ0) is 15.1. The fourth-order valence-corrected chi connectivity index (χ4v) is 1.59. The van der Waals surface area contributed by atoms with Gasteiger partial charge in [-0.25, -0.2) is 11.0 Å². The van der Waals surface area contributed by atoms with Gasteiger partial charge in [0, 0.05) is 0 Å². The first-order valence-corrected chi connectivity index (χ1v) is 5.91. The monoisotopic (exact) mass is 284 g/mol. The Morgan fingerprint density at radius 3 is 1.55 bits per heavy atom. The van der Waals surface area contributed by atoms with E-state index < -0.39 is 11.8 Å². The van der Waals surface area contributed by atoms with Crippen molar-refractivity contribution in [1.82, 2.24) is 11.0 Å². The van der Waals surface area contributed by atoms with E-state index in [1.807, 2.05) is 0 Å². The number of carbonyl (C=O) groups is 2. The average molecular weight is 284 g/mol. The van der Waals surface area contributed by atoms with Crippen LogP contribution in [0.15, 0.2) is 12.1 Å². The van der Waals surface area contributed by atoms with Gasteiger partial charge in [0.05, 0.1) is 24.3 Å². The molecule has 1 aromatic rings. The Hall–Kier alpha value is -2.32. The molecule has 0 heterocycles. The van der Waals surface area contributed by atoms with Crippen LogP contribution in [0.4, 0.5) is 0 Å². The third-order valence-corrected chi connectivity index (χ3v) is 2.37. The molecule has 0 unspecified atom stereocenters. The van der Waals surface area contributed by atoms with E-state index in [1.165, 1.54) is 23.1 Å². The number of hydrogen-bond donors (Lipinski definition) is 4. The van der Waals surface area contributed by atoms with Gasteiger partial charge in [-0.05, 0) is 26.0 Å². The first kappa shape index (κ1) is 15.7. The van der Waals surface area contributed by atoms with Gasteiger partial charge in [-0.3, -0.25) is 20.0 Å². The molecule has 8 heteroatoms. The summed E-state index contributed by atoms with van der Waals surface area (Å²) in [7, 11) is 0. The third kappa shape index (κ3) is 3.37. The van der Waals surface area contributed by atoms with Gasteiger partial charge in [0.15, 0.2) is 0 Å². The highest BCUT2D eigenvalue weighted by atomic mass is 16.5. The topological polar surface area (TPSA) is 117 Å². The highest BCUT2D eigenvalue weighted by Crippen LogP contribution is 2.29. The molecule has 0 saturated heterocycles. The minimum absolute atomic E-state index is 0.00675. The predicted molar refractivity (Wildman–Crippen MR) is 67.3 cm³/mol. The van der Waals surface area contributed by atoms with Crippen LogP contribution >= 0.6 is 0 Å². The van der Waals surface area contributed by atoms with Crippen LogP contribution in [0, 0.1) is 0 Å². The molecule has 0 aliphatic rings. The van der Waals surface area contributed by atoms with Crippen molar-refractivity contribution in [3.63, 3.8) is 0 Å². The molecule has 0 aromatic heterocycles. The lowest BCUT2D eigenvalue weighted by molar-refractivity contribution is 0.0690. The van der Waals surface area contributed by atoms with E-state index in [2.05, 4.69) is 0 Å². The van der Waals surface area contributed by atoms with Crippen LogP contribution in [0.5, 0.6) is 11.5 Å². The molecular formula is C12H16N2O6. The van der Waals surface area contributed by atoms with E-state index in [0.717, 1.165) is 0 Å². The van der Waals surface area contributed by atoms with Gasteiger partial charge in [0.1, 0.15) is 11.5 Å². The van der Waals surface area contributed by atoms with Gasteiger partial charge in [0.25, 0.3) is 11.8 Å². The van der Waals surface area contributed by atoms with E-state index in [9.17, 15) is 9.59 Å². The molecule has 110 valence electrons. The molecule has 0 fully saturated rings. The van der Waals surface area contributed by atoms with Crippen LogP contribution < -0.4 is 20.4 Å². The molecule has 0 bridgehead atoms. The summed E-state index contributed by atoms with van der Waals surface area (Å²) in [5.41, 5.74) is 2.99. The maximum atomic E-state index is 11.6. The average Bonchev–Trinajstić information content (AvgIpc) is 2.47. The molecule has 1 rings (SSSR count). The standard InChI is InChI=1S/C12H16N2O6/c1-3-19-9-5-8(12(16)14-18)10(20-4-2)6-7(9)11(15)13-17/h5-6,17-18H,3-4H2,1-2H3,(H,13,15)(H,14,16). The Kier molecular flexibility index (Phi) is 5.75. The lowest BCUT2D eigenvalue weighted by atomic mass is 10.1. The van der Waals surface area contributed by atoms with Crippen molar-refractivity contribution in [2.24, 2.45) is 0 Å². The third-order valence-electron chi connectivity index (χ3n) is 2.37. The molecule has 20 heavy (non-hydrogen) atoms. The van der Waals surface area contributed by atoms with Gasteiger partial charge in [-0.1, -0.05) is 0 Å². The smallest absolute Gasteiger partial charge is 0.278 e. The van der Waals surface area contributed by atoms with Crippen molar-refractivity contribution in [1.29, 1.82) is 0 Å². The molecule has 0 spiro atoms. The van der Waals surface area contributed by atoms with Gasteiger partial charge in [-0.15, -0.1) is 0 Å². The van der Waals surface area contributed by atoms with Crippen LogP contribution in [-0.2, 0) is 0 Å². The van der Waals surface area contributed by atoms with Crippen LogP contribution in [0.25, 0.3) is 0 Å². The number of hydroxylamine groups is 2. The zero-order valence-electron chi connectivity index (χ0n) is 11.1. The molecule has 8 nitrogen and oxygen atoms in total. The van der Waals surface area contributed by atoms with Crippen molar-refractivity contribution < 1.29 is 29.5 Å². The number of amides is 2. The maximum Gasteiger partial charge on any atom is 0.278 e. The fraction of sp³-hybridized carbons (Fsp3) is 0.333. The van der Waals surface area contributed by atoms with Gasteiger partial charge >= 0.3 is 0 Å². The normalized spacial score (nSPS) is 9.80. The lowest BCUT2D eigenvalue weighted by Gasteiger charge is -2.14. The summed E-state index contributed by atoms with van der Waals surface area (Å²) in [5.74, 6) is -1.43. The van der Waals surface area contributed by atoms with Crippen molar-refractivity contribution >= 4 is 11.8 Å². The Bertz CT molecular complexity index is 457. The van der Waals surface area contributed by atoms with E-state index in [1.54, 1.807) is 13.8 Å². The Labute approximate surface area is 115 Å². The van der Waals surface area contributed by atoms with E-state index >= 15 is 0 Å². The first-order valence-electron chi connectivity index (χ1n) is 5.91. The summed E-state index contributed by atoms with van der Waals surface area (Å²) in [6.07, 6.45) is 0. The van der Waals surface area contributed by atoms with Crippen LogP contribution in [0.2, 0.25) is 0 Å². The maximum absolute atomic E-state index is 11.6. The molecule has 2 amide bonds. The highest BCUT2D eigenvalue weighted by molar-refractivity contribution is 6.01. The zero-order valence-corrected chi connectivity index (χ0v) is 11.1. The van der Waals surface area contributed by atoms with Crippen molar-refractivity contribution in [3.05, 3.63) is 23.3 Å². The largest absolute Gasteiger partial charge is 0.493 e. The minimum atomic E-state index is -0.801. The molecular weight excluding hydrogens is 268 g/mol. The molecule has 4 N–H and O–H groups in total. The molecule has 1 aromatic carbocycles. The molecule has 0 aliphatic heterocycles. The summed E-state index contributed by atoms with van der Waals surface area (Å²) in [6, 6.07) is 2.51. The summed E-state index contributed by atoms with van der Waals surface area (Å²) >= 11 is 0. The van der Waals surface area contributed by atoms with E-state index in [0.29, 0.717) is 0 Å². The number of rotatable bonds is 6. The van der Waals surface area contributed by atoms with Gasteiger partial charge in [-0.2, -0.15) is 0 Å². The summed E-state index contributed by atoms with van der Waals surface area (Å²) in [4.78, 5) is 23.1. The molecule has 0 aliphatic carbocycles. The lowest BCUT2D eigenvalue weighted by Crippen LogP contribution is -2.23. The van der Waals surface area contributed by atoms with Crippen LogP contribution in [-0.4, -0.2) is 35.4 Å². The highest BCUT2D eigenvalue weighted by Gasteiger charge is 2.20. The second-order valence-corrected chi connectivity index (χ2v) is 3.59. The molecule has 0 radical (unpaired) electrons. The first-order chi connectivity index (χ1) is 9.58. The number of ether oxygens (including phenoxy) is 2. The van der Waals surface area contributed by atoms with Crippen LogP contribution in [0.1, 0.15) is 34.6 Å². The minimum Gasteiger partial charge on any atom is -0.493 e. The number of carbonyl (C=O) groups excluding carboxylic acids is 2. The predicted octanol–water partition coefficient (Wildman–Crippen LogP) is 0.722. The number of nitrogens with one attached hydrogen (secondary N) is 2. The fourth-order valence-electron chi connectivity index (χ4n) is 1.59. The summed E-state index contributed by atoms with van der Waals surface area (Å²) in [6.45, 7) is 3.89. The van der Waals surface area contributed by atoms with Crippen LogP contribution in [0.3, 0.4) is 0 Å². The Morgan fingerprint density at radius 1 is 0.950 bits per heavy atom. The van der Waals surface area contributed by atoms with E-state index in [-0.39, 0.29) is 35.8 Å².